The summed E-state index contributed by atoms with van der Waals surface area (Å²) in [7, 11) is 3.83. The highest BCUT2D eigenvalue weighted by atomic mass is 16.5. The molecule has 1 aliphatic rings. The van der Waals surface area contributed by atoms with Crippen molar-refractivity contribution in [1.82, 2.24) is 14.8 Å². The number of rotatable bonds is 6. The Morgan fingerprint density at radius 1 is 1.07 bits per heavy atom. The lowest BCUT2D eigenvalue weighted by atomic mass is 10.1. The fraction of sp³-hybridized carbons (Fsp3) is 0.455. The molecular weight excluding hydrogens is 354 g/mol. The van der Waals surface area contributed by atoms with Crippen LogP contribution in [0.1, 0.15) is 28.5 Å². The first kappa shape index (κ1) is 21.9. The van der Waals surface area contributed by atoms with E-state index < -0.39 is 5.97 Å². The summed E-state index contributed by atoms with van der Waals surface area (Å²) in [5.74, 6) is -0.109. The second-order valence-corrected chi connectivity index (χ2v) is 6.93. The highest BCUT2D eigenvalue weighted by Crippen LogP contribution is 2.13. The number of likely N-dealkylation sites (N-methyl/N-ethyl adjacent to an activating group) is 2. The lowest BCUT2D eigenvalue weighted by Gasteiger charge is -2.31. The summed E-state index contributed by atoms with van der Waals surface area (Å²) in [6.45, 7) is 8.45. The number of aryl methyl sites for hydroxylation is 2. The summed E-state index contributed by atoms with van der Waals surface area (Å²) in [4.78, 5) is 19.7. The minimum Gasteiger partial charge on any atom is -0.497 e. The van der Waals surface area contributed by atoms with Gasteiger partial charge in [0.1, 0.15) is 5.75 Å². The summed E-state index contributed by atoms with van der Waals surface area (Å²) in [5, 5.41) is 8.78. The van der Waals surface area contributed by atoms with E-state index in [1.807, 2.05) is 24.3 Å². The van der Waals surface area contributed by atoms with Gasteiger partial charge in [0.15, 0.2) is 0 Å². The Hall–Kier alpha value is -2.44. The summed E-state index contributed by atoms with van der Waals surface area (Å²) >= 11 is 0. The van der Waals surface area contributed by atoms with Crippen molar-refractivity contribution in [3.8, 4) is 5.75 Å². The van der Waals surface area contributed by atoms with Gasteiger partial charge < -0.3 is 19.6 Å². The smallest absolute Gasteiger partial charge is 0.337 e. The van der Waals surface area contributed by atoms with Crippen LogP contribution in [0.4, 0.5) is 0 Å². The average Bonchev–Trinajstić information content (AvgIpc) is 2.74. The molecule has 1 aromatic carbocycles. The Morgan fingerprint density at radius 3 is 2.25 bits per heavy atom. The topological polar surface area (TPSA) is 65.9 Å². The second kappa shape index (κ2) is 11.4. The summed E-state index contributed by atoms with van der Waals surface area (Å²) < 4.78 is 5.10. The van der Waals surface area contributed by atoms with E-state index in [1.54, 1.807) is 19.2 Å². The van der Waals surface area contributed by atoms with Crippen molar-refractivity contribution in [2.24, 2.45) is 0 Å². The van der Waals surface area contributed by atoms with E-state index in [9.17, 15) is 4.79 Å². The van der Waals surface area contributed by atoms with Crippen LogP contribution in [0, 0.1) is 0 Å². The van der Waals surface area contributed by atoms with E-state index in [2.05, 4.69) is 28.8 Å². The summed E-state index contributed by atoms with van der Waals surface area (Å²) in [6, 6.07) is 11.2. The summed E-state index contributed by atoms with van der Waals surface area (Å²) in [5.41, 5.74) is 2.30. The van der Waals surface area contributed by atoms with Crippen molar-refractivity contribution in [3.63, 3.8) is 0 Å². The molecule has 0 bridgehead atoms. The number of methoxy groups -OCH3 is 1. The number of pyridine rings is 1. The molecule has 0 spiro atoms. The molecule has 0 unspecified atom stereocenters. The van der Waals surface area contributed by atoms with Crippen molar-refractivity contribution in [2.45, 2.75) is 19.8 Å². The molecule has 0 aliphatic carbocycles. The highest BCUT2D eigenvalue weighted by Gasteiger charge is 2.10. The molecule has 6 nitrogen and oxygen atoms in total. The molecule has 0 amide bonds. The Morgan fingerprint density at radius 2 is 1.75 bits per heavy atom. The first-order chi connectivity index (χ1) is 13.5. The van der Waals surface area contributed by atoms with Crippen molar-refractivity contribution >= 4 is 5.97 Å². The van der Waals surface area contributed by atoms with Crippen molar-refractivity contribution in [2.75, 3.05) is 46.9 Å². The average molecular weight is 386 g/mol. The van der Waals surface area contributed by atoms with Gasteiger partial charge in [0.2, 0.25) is 0 Å². The molecule has 6 heteroatoms. The number of hydrogen-bond acceptors (Lipinski definition) is 5. The maximum atomic E-state index is 10.7. The normalized spacial score (nSPS) is 14.8. The van der Waals surface area contributed by atoms with Crippen LogP contribution in [0.3, 0.4) is 0 Å². The van der Waals surface area contributed by atoms with Gasteiger partial charge in [-0.1, -0.05) is 19.1 Å². The van der Waals surface area contributed by atoms with Gasteiger partial charge in [0.05, 0.1) is 12.7 Å². The Kier molecular flexibility index (Phi) is 8.91. The maximum Gasteiger partial charge on any atom is 0.337 e. The Balaban J connectivity index is 0.000000261. The van der Waals surface area contributed by atoms with Crippen molar-refractivity contribution in [1.29, 1.82) is 0 Å². The van der Waals surface area contributed by atoms with Crippen LogP contribution >= 0.6 is 0 Å². The van der Waals surface area contributed by atoms with Gasteiger partial charge in [-0.15, -0.1) is 0 Å². The predicted molar refractivity (Wildman–Crippen MR) is 111 cm³/mol. The third-order valence-corrected chi connectivity index (χ3v) is 4.94. The number of carbonyl (C=O) groups is 1. The lowest BCUT2D eigenvalue weighted by Crippen LogP contribution is -2.44. The van der Waals surface area contributed by atoms with Gasteiger partial charge in [-0.05, 0) is 56.3 Å². The summed E-state index contributed by atoms with van der Waals surface area (Å²) in [6.07, 6.45) is 3.04. The largest absolute Gasteiger partial charge is 0.497 e. The van der Waals surface area contributed by atoms with Gasteiger partial charge in [-0.3, -0.25) is 4.98 Å². The van der Waals surface area contributed by atoms with Crippen molar-refractivity contribution < 1.29 is 14.6 Å². The van der Waals surface area contributed by atoms with Crippen LogP contribution in [0.25, 0.3) is 0 Å². The van der Waals surface area contributed by atoms with Gasteiger partial charge in [0, 0.05) is 38.1 Å². The number of piperazine rings is 1. The van der Waals surface area contributed by atoms with E-state index in [0.29, 0.717) is 0 Å². The second-order valence-electron chi connectivity index (χ2n) is 6.93. The lowest BCUT2D eigenvalue weighted by molar-refractivity contribution is 0.0696. The van der Waals surface area contributed by atoms with Crippen LogP contribution in [-0.4, -0.2) is 72.7 Å². The first-order valence-corrected chi connectivity index (χ1v) is 9.74. The monoisotopic (exact) mass is 385 g/mol. The number of hydrogen-bond donors (Lipinski definition) is 1. The van der Waals surface area contributed by atoms with Crippen LogP contribution < -0.4 is 4.74 Å². The zero-order valence-electron chi connectivity index (χ0n) is 17.1. The van der Waals surface area contributed by atoms with Crippen LogP contribution in [0.15, 0.2) is 42.6 Å². The number of aromatic carboxylic acids is 1. The third kappa shape index (κ3) is 7.29. The number of nitrogens with zero attached hydrogens (tertiary/aromatic N) is 3. The molecule has 2 aromatic rings. The molecule has 0 radical (unpaired) electrons. The zero-order valence-corrected chi connectivity index (χ0v) is 17.1. The van der Waals surface area contributed by atoms with E-state index in [0.717, 1.165) is 24.3 Å². The molecule has 28 heavy (non-hydrogen) atoms. The molecule has 1 fully saturated rings. The van der Waals surface area contributed by atoms with Gasteiger partial charge in [-0.2, -0.15) is 0 Å². The van der Waals surface area contributed by atoms with Gasteiger partial charge >= 0.3 is 5.97 Å². The molecule has 2 heterocycles. The third-order valence-electron chi connectivity index (χ3n) is 4.94. The fourth-order valence-electron chi connectivity index (χ4n) is 2.93. The highest BCUT2D eigenvalue weighted by molar-refractivity contribution is 5.87. The Labute approximate surface area is 167 Å². The van der Waals surface area contributed by atoms with E-state index in [-0.39, 0.29) is 5.56 Å². The minimum atomic E-state index is -0.950. The zero-order chi connectivity index (χ0) is 20.4. The standard InChI is InChI=1S/C15H15NO3.C7H16N2/c1-19-14-8-3-11(4-9-14)2-6-13-7-5-12(10-16-13)15(17)18;1-3-9-6-4-8(2)5-7-9/h3-5,7-10H,2,6H2,1H3,(H,17,18);3-7H2,1-2H3. The number of aromatic nitrogens is 1. The molecule has 1 aliphatic heterocycles. The van der Waals surface area contributed by atoms with Crippen LogP contribution in [0.5, 0.6) is 5.75 Å². The van der Waals surface area contributed by atoms with Crippen LogP contribution in [-0.2, 0) is 12.8 Å². The van der Waals surface area contributed by atoms with E-state index >= 15 is 0 Å². The van der Waals surface area contributed by atoms with E-state index in [4.69, 9.17) is 9.84 Å². The molecule has 1 aromatic heterocycles. The first-order valence-electron chi connectivity index (χ1n) is 9.74. The molecule has 0 atom stereocenters. The van der Waals surface area contributed by atoms with Gasteiger partial charge in [0.25, 0.3) is 0 Å². The molecule has 152 valence electrons. The quantitative estimate of drug-likeness (QED) is 0.825. The molecule has 1 N–H and O–H groups in total. The SMILES string of the molecule is CCN1CCN(C)CC1.COc1ccc(CCc2ccc(C(=O)O)cn2)cc1. The number of ether oxygens (including phenoxy) is 1. The number of carboxylic acid groups (broad SMARTS) is 1. The Bertz CT molecular complexity index is 709. The molecular formula is C22H31N3O3. The van der Waals surface area contributed by atoms with Crippen molar-refractivity contribution in [3.05, 3.63) is 59.4 Å². The van der Waals surface area contributed by atoms with Gasteiger partial charge in [-0.25, -0.2) is 4.79 Å². The van der Waals surface area contributed by atoms with E-state index in [1.165, 1.54) is 44.5 Å². The number of carboxylic acids is 1. The predicted octanol–water partition coefficient (Wildman–Crippen LogP) is 2.83. The minimum absolute atomic E-state index is 0.216. The maximum absolute atomic E-state index is 10.7. The molecule has 3 rings (SSSR count). The van der Waals surface area contributed by atoms with Crippen LogP contribution in [0.2, 0.25) is 0 Å². The number of benzene rings is 1. The fourth-order valence-corrected chi connectivity index (χ4v) is 2.93. The molecule has 0 saturated carbocycles. The molecule has 1 saturated heterocycles.